The molecule has 0 saturated heterocycles. The number of rotatable bonds is 3. The molecule has 0 bridgehead atoms. The lowest BCUT2D eigenvalue weighted by atomic mass is 9.90. The maximum atomic E-state index is 11.7. The van der Waals surface area contributed by atoms with Crippen LogP contribution in [0.25, 0.3) is 10.9 Å². The highest BCUT2D eigenvalue weighted by Crippen LogP contribution is 2.36. The molecule has 3 aromatic rings. The number of hydrogen-bond acceptors (Lipinski definition) is 3. The fourth-order valence-corrected chi connectivity index (χ4v) is 3.83. The lowest BCUT2D eigenvalue weighted by Gasteiger charge is -2.29. The Morgan fingerprint density at radius 3 is 2.52 bits per heavy atom. The van der Waals surface area contributed by atoms with Crippen molar-refractivity contribution in [3.05, 3.63) is 63.8 Å². The summed E-state index contributed by atoms with van der Waals surface area (Å²) in [5.41, 5.74) is 4.09. The van der Waals surface area contributed by atoms with Gasteiger partial charge in [-0.3, -0.25) is 10.1 Å². The fourth-order valence-electron chi connectivity index (χ4n) is 3.47. The Bertz CT molecular complexity index is 950. The average Bonchev–Trinajstić information content (AvgIpc) is 3.06. The molecule has 2 unspecified atom stereocenters. The minimum absolute atomic E-state index is 0.207. The average molecular weight is 431 g/mol. The van der Waals surface area contributed by atoms with Gasteiger partial charge in [-0.15, -0.1) is 0 Å². The van der Waals surface area contributed by atoms with E-state index >= 15 is 0 Å². The number of aromatic nitrogens is 1. The minimum Gasteiger partial charge on any atom is -0.497 e. The molecule has 0 saturated carbocycles. The molecule has 6 heteroatoms. The Morgan fingerprint density at radius 1 is 1.19 bits per heavy atom. The summed E-state index contributed by atoms with van der Waals surface area (Å²) in [5.74, 6) is -0.0661. The normalized spacial score (nSPS) is 18.4. The van der Waals surface area contributed by atoms with Gasteiger partial charge in [0.05, 0.1) is 13.2 Å². The Hall–Kier alpha value is -2.31. The van der Waals surface area contributed by atoms with Crippen LogP contribution in [0.1, 0.15) is 36.7 Å². The van der Waals surface area contributed by atoms with Crippen LogP contribution >= 0.6 is 15.9 Å². The van der Waals surface area contributed by atoms with Gasteiger partial charge in [-0.25, -0.2) is 0 Å². The van der Waals surface area contributed by atoms with Crippen LogP contribution in [0.4, 0.5) is 0 Å². The Kier molecular flexibility index (Phi) is 5.87. The van der Waals surface area contributed by atoms with Gasteiger partial charge in [0, 0.05) is 27.5 Å². The van der Waals surface area contributed by atoms with Gasteiger partial charge in [0.15, 0.2) is 0 Å². The molecular weight excluding hydrogens is 408 g/mol. The highest BCUT2D eigenvalue weighted by molar-refractivity contribution is 9.10. The number of H-pyrrole nitrogens is 1. The van der Waals surface area contributed by atoms with E-state index in [1.54, 1.807) is 7.11 Å². The lowest BCUT2D eigenvalue weighted by Crippen LogP contribution is -2.44. The quantitative estimate of drug-likeness (QED) is 0.564. The van der Waals surface area contributed by atoms with Crippen molar-refractivity contribution < 1.29 is 14.6 Å². The predicted octanol–water partition coefficient (Wildman–Crippen LogP) is 4.65. The number of aromatic amines is 1. The van der Waals surface area contributed by atoms with Crippen molar-refractivity contribution >= 4 is 32.8 Å². The first-order chi connectivity index (χ1) is 13.1. The molecule has 1 aromatic heterocycles. The highest BCUT2D eigenvalue weighted by Gasteiger charge is 2.33. The number of ether oxygens (including phenoxy) is 1. The first-order valence-electron chi connectivity index (χ1n) is 8.99. The van der Waals surface area contributed by atoms with Gasteiger partial charge in [-0.1, -0.05) is 41.9 Å². The van der Waals surface area contributed by atoms with Gasteiger partial charge in [0.2, 0.25) is 0 Å². The van der Waals surface area contributed by atoms with Crippen molar-refractivity contribution in [2.24, 2.45) is 0 Å². The largest absolute Gasteiger partial charge is 0.497 e. The summed E-state index contributed by atoms with van der Waals surface area (Å²) in [6.07, 6.45) is 0.452. The van der Waals surface area contributed by atoms with E-state index in [0.29, 0.717) is 6.42 Å². The standard InChI is InChI=1S/C19H17BrN2O3.C2H6/c1-25-12-5-2-10(3-6-12)17-18-14(9-16(22-17)19(23)24)13-8-11(20)4-7-15(13)21-18;1-2/h2-8,16-17,21-22H,9H2,1H3,(H,23,24);1-2H3. The molecule has 0 spiro atoms. The summed E-state index contributed by atoms with van der Waals surface area (Å²) >= 11 is 3.51. The van der Waals surface area contributed by atoms with E-state index in [2.05, 4.69) is 26.2 Å². The molecular formula is C21H23BrN2O3. The van der Waals surface area contributed by atoms with Crippen LogP contribution in [0.3, 0.4) is 0 Å². The highest BCUT2D eigenvalue weighted by atomic mass is 79.9. The zero-order valence-electron chi connectivity index (χ0n) is 15.5. The Morgan fingerprint density at radius 2 is 1.89 bits per heavy atom. The van der Waals surface area contributed by atoms with E-state index in [4.69, 9.17) is 4.74 Å². The van der Waals surface area contributed by atoms with E-state index < -0.39 is 12.0 Å². The van der Waals surface area contributed by atoms with E-state index in [9.17, 15) is 9.90 Å². The van der Waals surface area contributed by atoms with Crippen LogP contribution in [0.5, 0.6) is 5.75 Å². The molecule has 2 aromatic carbocycles. The number of nitrogens with one attached hydrogen (secondary N) is 2. The van der Waals surface area contributed by atoms with E-state index in [0.717, 1.165) is 37.9 Å². The number of aliphatic carboxylic acids is 1. The van der Waals surface area contributed by atoms with Crippen LogP contribution in [-0.4, -0.2) is 29.2 Å². The smallest absolute Gasteiger partial charge is 0.321 e. The number of carbonyl (C=O) groups is 1. The van der Waals surface area contributed by atoms with Gasteiger partial charge >= 0.3 is 5.97 Å². The van der Waals surface area contributed by atoms with Crippen LogP contribution in [0.15, 0.2) is 46.9 Å². The minimum atomic E-state index is -0.839. The van der Waals surface area contributed by atoms with Gasteiger partial charge < -0.3 is 14.8 Å². The van der Waals surface area contributed by atoms with Crippen LogP contribution in [0, 0.1) is 0 Å². The lowest BCUT2D eigenvalue weighted by molar-refractivity contribution is -0.139. The molecule has 2 heterocycles. The molecule has 0 amide bonds. The van der Waals surface area contributed by atoms with E-state index in [1.165, 1.54) is 0 Å². The summed E-state index contributed by atoms with van der Waals surface area (Å²) in [5, 5.41) is 13.9. The number of carboxylic acids is 1. The number of halogens is 1. The van der Waals surface area contributed by atoms with Crippen LogP contribution in [0.2, 0.25) is 0 Å². The van der Waals surface area contributed by atoms with Crippen molar-refractivity contribution in [2.75, 3.05) is 7.11 Å². The third-order valence-electron chi connectivity index (χ3n) is 4.71. The summed E-state index contributed by atoms with van der Waals surface area (Å²) in [4.78, 5) is 15.1. The molecule has 5 nitrogen and oxygen atoms in total. The third kappa shape index (κ3) is 3.73. The monoisotopic (exact) mass is 430 g/mol. The van der Waals surface area contributed by atoms with Crippen LogP contribution in [-0.2, 0) is 11.2 Å². The first-order valence-corrected chi connectivity index (χ1v) is 9.79. The molecule has 4 rings (SSSR count). The van der Waals surface area contributed by atoms with Gasteiger partial charge in [0.1, 0.15) is 11.8 Å². The zero-order valence-corrected chi connectivity index (χ0v) is 17.1. The summed E-state index contributed by atoms with van der Waals surface area (Å²) in [7, 11) is 1.63. The molecule has 1 aliphatic heterocycles. The molecule has 0 fully saturated rings. The SMILES string of the molecule is CC.COc1ccc(C2NC(C(=O)O)Cc3c2[nH]c2ccc(Br)cc32)cc1. The van der Waals surface area contributed by atoms with E-state index in [-0.39, 0.29) is 6.04 Å². The second-order valence-electron chi connectivity index (χ2n) is 6.17. The van der Waals surface area contributed by atoms with Crippen molar-refractivity contribution in [3.63, 3.8) is 0 Å². The fraction of sp³-hybridized carbons (Fsp3) is 0.286. The number of fused-ring (bicyclic) bond motifs is 3. The number of benzene rings is 2. The number of carboxylic acid groups (broad SMARTS) is 1. The summed E-state index contributed by atoms with van der Waals surface area (Å²) in [6.45, 7) is 4.00. The topological polar surface area (TPSA) is 74.3 Å². The second kappa shape index (κ2) is 8.15. The van der Waals surface area contributed by atoms with Crippen molar-refractivity contribution in [3.8, 4) is 5.75 Å². The van der Waals surface area contributed by atoms with E-state index in [1.807, 2.05) is 56.3 Å². The maximum absolute atomic E-state index is 11.7. The molecule has 3 N–H and O–H groups in total. The Balaban J connectivity index is 0.00000102. The zero-order chi connectivity index (χ0) is 19.6. The van der Waals surface area contributed by atoms with Gasteiger partial charge in [0.25, 0.3) is 0 Å². The molecule has 0 radical (unpaired) electrons. The molecule has 27 heavy (non-hydrogen) atoms. The van der Waals surface area contributed by atoms with Crippen molar-refractivity contribution in [2.45, 2.75) is 32.4 Å². The van der Waals surface area contributed by atoms with Crippen molar-refractivity contribution in [1.29, 1.82) is 0 Å². The summed E-state index contributed by atoms with van der Waals surface area (Å²) in [6, 6.07) is 12.9. The Labute approximate surface area is 166 Å². The molecule has 1 aliphatic rings. The molecule has 142 valence electrons. The second-order valence-corrected chi connectivity index (χ2v) is 7.09. The number of hydrogen-bond donors (Lipinski definition) is 3. The van der Waals surface area contributed by atoms with Gasteiger partial charge in [-0.05, 0) is 41.5 Å². The van der Waals surface area contributed by atoms with Crippen molar-refractivity contribution in [1.82, 2.24) is 10.3 Å². The summed E-state index contributed by atoms with van der Waals surface area (Å²) < 4.78 is 6.20. The van der Waals surface area contributed by atoms with Crippen LogP contribution < -0.4 is 10.1 Å². The van der Waals surface area contributed by atoms with Gasteiger partial charge in [-0.2, -0.15) is 0 Å². The predicted molar refractivity (Wildman–Crippen MR) is 110 cm³/mol. The third-order valence-corrected chi connectivity index (χ3v) is 5.21. The maximum Gasteiger partial charge on any atom is 0.321 e. The first kappa shape index (κ1) is 19.5. The molecule has 0 aliphatic carbocycles. The number of methoxy groups -OCH3 is 1. The molecule has 2 atom stereocenters.